The molecular formula is C23H24ClN3O4S. The van der Waals surface area contributed by atoms with Gasteiger partial charge in [-0.1, -0.05) is 17.7 Å². The number of fused-ring (bicyclic) bond motifs is 1. The van der Waals surface area contributed by atoms with E-state index in [0.29, 0.717) is 42.1 Å². The van der Waals surface area contributed by atoms with E-state index in [9.17, 15) is 19.2 Å². The van der Waals surface area contributed by atoms with E-state index in [1.165, 1.54) is 11.3 Å². The van der Waals surface area contributed by atoms with Crippen LogP contribution in [0, 0.1) is 13.8 Å². The van der Waals surface area contributed by atoms with Crippen molar-refractivity contribution in [2.24, 2.45) is 0 Å². The Hall–Kier alpha value is -2.71. The number of rotatable bonds is 4. The Bertz CT molecular complexity index is 1130. The molecule has 0 radical (unpaired) electrons. The van der Waals surface area contributed by atoms with Gasteiger partial charge in [0.25, 0.3) is 5.91 Å². The van der Waals surface area contributed by atoms with Gasteiger partial charge in [-0.25, -0.2) is 4.79 Å². The minimum absolute atomic E-state index is 0.0562. The minimum Gasteiger partial charge on any atom is -0.333 e. The number of hydrogen-bond acceptors (Lipinski definition) is 5. The van der Waals surface area contributed by atoms with Crippen LogP contribution in [0.1, 0.15) is 57.6 Å². The summed E-state index contributed by atoms with van der Waals surface area (Å²) in [7, 11) is 0. The molecule has 2 aliphatic rings. The number of benzene rings is 1. The highest BCUT2D eigenvalue weighted by atomic mass is 35.5. The molecule has 0 bridgehead atoms. The molecule has 2 N–H and O–H groups in total. The van der Waals surface area contributed by atoms with Gasteiger partial charge in [-0.2, -0.15) is 0 Å². The molecule has 0 unspecified atom stereocenters. The highest BCUT2D eigenvalue weighted by Crippen LogP contribution is 2.34. The van der Waals surface area contributed by atoms with E-state index in [2.05, 4.69) is 10.6 Å². The number of anilines is 1. The molecule has 0 saturated heterocycles. The van der Waals surface area contributed by atoms with Crippen molar-refractivity contribution in [1.29, 1.82) is 0 Å². The lowest BCUT2D eigenvalue weighted by Gasteiger charge is -2.25. The van der Waals surface area contributed by atoms with Gasteiger partial charge in [0.1, 0.15) is 5.78 Å². The predicted molar refractivity (Wildman–Crippen MR) is 123 cm³/mol. The summed E-state index contributed by atoms with van der Waals surface area (Å²) >= 11 is 7.58. The number of Topliss-reactive ketones (excluding diaryl/α,β-unsaturated/α-hetero) is 2. The number of ketones is 2. The van der Waals surface area contributed by atoms with Crippen molar-refractivity contribution in [2.45, 2.75) is 58.7 Å². The van der Waals surface area contributed by atoms with E-state index in [1.807, 2.05) is 19.9 Å². The fourth-order valence-electron chi connectivity index (χ4n) is 4.24. The van der Waals surface area contributed by atoms with Gasteiger partial charge in [0.2, 0.25) is 0 Å². The third-order valence-corrected chi connectivity index (χ3v) is 7.45. The normalized spacial score (nSPS) is 18.5. The van der Waals surface area contributed by atoms with Gasteiger partial charge < -0.3 is 15.5 Å². The topological polar surface area (TPSA) is 95.6 Å². The molecule has 168 valence electrons. The van der Waals surface area contributed by atoms with Crippen molar-refractivity contribution in [3.05, 3.63) is 49.7 Å². The van der Waals surface area contributed by atoms with Gasteiger partial charge in [0.15, 0.2) is 5.78 Å². The summed E-state index contributed by atoms with van der Waals surface area (Å²) in [5.41, 5.74) is 3.91. The number of nitrogens with one attached hydrogen (secondary N) is 2. The second-order valence-electron chi connectivity index (χ2n) is 8.30. The van der Waals surface area contributed by atoms with Crippen molar-refractivity contribution in [3.63, 3.8) is 0 Å². The number of carbonyl (C=O) groups excluding carboxylic acids is 4. The Balaban J connectivity index is 1.41. The molecule has 2 heterocycles. The number of thiophene rings is 1. The molecule has 3 amide bonds. The van der Waals surface area contributed by atoms with E-state index in [0.717, 1.165) is 21.6 Å². The van der Waals surface area contributed by atoms with E-state index in [-0.39, 0.29) is 36.5 Å². The molecule has 1 aliphatic carbocycles. The highest BCUT2D eigenvalue weighted by molar-refractivity contribution is 7.10. The van der Waals surface area contributed by atoms with Crippen LogP contribution < -0.4 is 10.6 Å². The van der Waals surface area contributed by atoms with Crippen LogP contribution in [0.25, 0.3) is 0 Å². The summed E-state index contributed by atoms with van der Waals surface area (Å²) in [6.07, 6.45) is 1.42. The van der Waals surface area contributed by atoms with Gasteiger partial charge in [0.05, 0.1) is 24.6 Å². The Morgan fingerprint density at radius 1 is 1.22 bits per heavy atom. The van der Waals surface area contributed by atoms with Crippen molar-refractivity contribution < 1.29 is 19.2 Å². The first-order valence-electron chi connectivity index (χ1n) is 10.5. The molecule has 2 aromatic rings. The van der Waals surface area contributed by atoms with Gasteiger partial charge in [-0.15, -0.1) is 11.3 Å². The van der Waals surface area contributed by atoms with E-state index >= 15 is 0 Å². The molecule has 1 aromatic carbocycles. The molecule has 1 fully saturated rings. The zero-order valence-corrected chi connectivity index (χ0v) is 19.5. The van der Waals surface area contributed by atoms with Gasteiger partial charge in [-0.3, -0.25) is 14.4 Å². The quantitative estimate of drug-likeness (QED) is 0.509. The number of aryl methyl sites for hydroxylation is 2. The van der Waals surface area contributed by atoms with Crippen LogP contribution in [0.4, 0.5) is 10.5 Å². The Morgan fingerprint density at radius 3 is 2.78 bits per heavy atom. The lowest BCUT2D eigenvalue weighted by atomic mass is 10.1. The van der Waals surface area contributed by atoms with Crippen LogP contribution in [0.3, 0.4) is 0 Å². The zero-order chi connectivity index (χ0) is 23.0. The summed E-state index contributed by atoms with van der Waals surface area (Å²) in [5, 5.41) is 8.00. The largest absolute Gasteiger partial charge is 0.333 e. The number of halogens is 1. The van der Waals surface area contributed by atoms with E-state index < -0.39 is 6.04 Å². The van der Waals surface area contributed by atoms with E-state index in [4.69, 9.17) is 11.6 Å². The molecule has 7 nitrogen and oxygen atoms in total. The van der Waals surface area contributed by atoms with Crippen LogP contribution in [-0.4, -0.2) is 34.4 Å². The van der Waals surface area contributed by atoms with Crippen LogP contribution in [0.15, 0.2) is 17.5 Å². The molecule has 9 heteroatoms. The van der Waals surface area contributed by atoms with Crippen LogP contribution in [0.2, 0.25) is 5.02 Å². The monoisotopic (exact) mass is 473 g/mol. The van der Waals surface area contributed by atoms with Gasteiger partial charge >= 0.3 is 6.03 Å². The molecule has 1 aromatic heterocycles. The van der Waals surface area contributed by atoms with Gasteiger partial charge in [-0.05, 0) is 49.4 Å². The molecule has 0 spiro atoms. The van der Waals surface area contributed by atoms with Crippen LogP contribution in [0.5, 0.6) is 0 Å². The van der Waals surface area contributed by atoms with Crippen molar-refractivity contribution in [1.82, 2.24) is 10.2 Å². The summed E-state index contributed by atoms with van der Waals surface area (Å²) in [5.74, 6) is -0.412. The number of hydrogen-bond donors (Lipinski definition) is 2. The number of carbonyl (C=O) groups is 4. The molecule has 4 rings (SSSR count). The Morgan fingerprint density at radius 2 is 2.00 bits per heavy atom. The fraction of sp³-hybridized carbons (Fsp3) is 0.391. The van der Waals surface area contributed by atoms with Crippen LogP contribution in [-0.2, 0) is 22.7 Å². The zero-order valence-electron chi connectivity index (χ0n) is 17.9. The number of urea groups is 1. The maximum atomic E-state index is 12.9. The van der Waals surface area contributed by atoms with Crippen molar-refractivity contribution in [2.75, 3.05) is 5.32 Å². The Kier molecular flexibility index (Phi) is 6.35. The molecule has 1 saturated carbocycles. The molecule has 32 heavy (non-hydrogen) atoms. The number of amides is 3. The molecule has 1 aliphatic heterocycles. The first-order valence-corrected chi connectivity index (χ1v) is 11.8. The average Bonchev–Trinajstić information content (AvgIpc) is 3.22. The fourth-order valence-corrected chi connectivity index (χ4v) is 5.38. The molecular weight excluding hydrogens is 450 g/mol. The summed E-state index contributed by atoms with van der Waals surface area (Å²) in [4.78, 5) is 52.0. The number of nitrogens with zero attached hydrogens (tertiary/aromatic N) is 1. The lowest BCUT2D eigenvalue weighted by molar-refractivity contribution is -0.128. The lowest BCUT2D eigenvalue weighted by Crippen LogP contribution is -2.41. The van der Waals surface area contributed by atoms with E-state index in [1.54, 1.807) is 16.3 Å². The third kappa shape index (κ3) is 4.42. The SMILES string of the molecule is Cc1cc(C)c(NC(=O)NCc2scc3c2CN([C@H]2CCCC(=O)CC2=O)C3=O)cc1Cl. The first kappa shape index (κ1) is 22.5. The molecule has 1 atom stereocenters. The van der Waals surface area contributed by atoms with Crippen LogP contribution >= 0.6 is 22.9 Å². The standard InChI is InChI=1S/C23H24ClN3O4S/c1-12-6-13(2)18(8-17(12)24)26-23(31)25-9-21-15-10-27(22(30)16(15)11-32-21)19-5-3-4-14(28)7-20(19)29/h6,8,11,19H,3-5,7,9-10H2,1-2H3,(H2,25,26,31)/t19-/m0/s1. The summed E-state index contributed by atoms with van der Waals surface area (Å²) in [6.45, 7) is 4.39. The summed E-state index contributed by atoms with van der Waals surface area (Å²) < 4.78 is 0. The Labute approximate surface area is 195 Å². The second-order valence-corrected chi connectivity index (χ2v) is 9.67. The first-order chi connectivity index (χ1) is 15.2. The second kappa shape index (κ2) is 9.03. The van der Waals surface area contributed by atoms with Gasteiger partial charge in [0, 0.05) is 33.9 Å². The third-order valence-electron chi connectivity index (χ3n) is 6.02. The maximum Gasteiger partial charge on any atom is 0.319 e. The minimum atomic E-state index is -0.551. The smallest absolute Gasteiger partial charge is 0.319 e. The predicted octanol–water partition coefficient (Wildman–Crippen LogP) is 4.38. The maximum absolute atomic E-state index is 12.9. The average molecular weight is 474 g/mol. The highest BCUT2D eigenvalue weighted by Gasteiger charge is 2.39. The van der Waals surface area contributed by atoms with Crippen molar-refractivity contribution in [3.8, 4) is 0 Å². The van der Waals surface area contributed by atoms with Crippen molar-refractivity contribution >= 4 is 52.1 Å². The summed E-state index contributed by atoms with van der Waals surface area (Å²) in [6, 6.07) is 2.71.